The summed E-state index contributed by atoms with van der Waals surface area (Å²) in [5.41, 5.74) is 7.92. The molecule has 4 rings (SSSR count). The normalized spacial score (nSPS) is 21.3. The highest BCUT2D eigenvalue weighted by molar-refractivity contribution is 7.22. The second-order valence-corrected chi connectivity index (χ2v) is 15.3. The van der Waals surface area contributed by atoms with Gasteiger partial charge in [0, 0.05) is 26.2 Å². The van der Waals surface area contributed by atoms with Crippen molar-refractivity contribution in [1.82, 2.24) is 9.97 Å². The molecule has 160 valence electrons. The first-order valence-corrected chi connectivity index (χ1v) is 14.2. The minimum Gasteiger partial charge on any atom is -0.412 e. The van der Waals surface area contributed by atoms with Gasteiger partial charge in [0.2, 0.25) is 0 Å². The average molecular weight is 436 g/mol. The number of rotatable bonds is 4. The summed E-state index contributed by atoms with van der Waals surface area (Å²) in [6, 6.07) is 2.03. The molecule has 29 heavy (non-hydrogen) atoms. The van der Waals surface area contributed by atoms with Crippen molar-refractivity contribution < 1.29 is 9.16 Å². The minimum absolute atomic E-state index is 0.215. The van der Waals surface area contributed by atoms with Gasteiger partial charge in [-0.25, -0.2) is 4.98 Å². The molecule has 2 aromatic rings. The predicted octanol–water partition coefficient (Wildman–Crippen LogP) is 3.71. The fourth-order valence-electron chi connectivity index (χ4n) is 3.61. The number of fused-ring (bicyclic) bond motifs is 1. The van der Waals surface area contributed by atoms with Crippen LogP contribution in [0, 0.1) is 0 Å². The third-order valence-corrected chi connectivity index (χ3v) is 12.0. The van der Waals surface area contributed by atoms with Gasteiger partial charge in [0.1, 0.15) is 0 Å². The first-order valence-electron chi connectivity index (χ1n) is 10.5. The maximum absolute atomic E-state index is 6.62. The molecule has 0 bridgehead atoms. The number of nitrogen functional groups attached to an aromatic ring is 1. The first-order chi connectivity index (χ1) is 13.6. The molecule has 7 nitrogen and oxygen atoms in total. The highest BCUT2D eigenvalue weighted by atomic mass is 32.1. The van der Waals surface area contributed by atoms with Crippen molar-refractivity contribution in [1.29, 1.82) is 0 Å². The Hall–Kier alpha value is -1.42. The van der Waals surface area contributed by atoms with E-state index in [2.05, 4.69) is 43.7 Å². The molecule has 4 heterocycles. The summed E-state index contributed by atoms with van der Waals surface area (Å²) < 4.78 is 13.1. The lowest BCUT2D eigenvalue weighted by atomic mass is 10.2. The van der Waals surface area contributed by atoms with E-state index in [4.69, 9.17) is 24.9 Å². The molecule has 2 N–H and O–H groups in total. The summed E-state index contributed by atoms with van der Waals surface area (Å²) in [4.78, 5) is 14.2. The van der Waals surface area contributed by atoms with Crippen molar-refractivity contribution >= 4 is 46.6 Å². The molecule has 0 aliphatic carbocycles. The molecule has 9 heteroatoms. The number of pyridine rings is 1. The van der Waals surface area contributed by atoms with Crippen LogP contribution >= 0.6 is 11.3 Å². The van der Waals surface area contributed by atoms with E-state index < -0.39 is 8.32 Å². The van der Waals surface area contributed by atoms with Crippen LogP contribution in [-0.2, 0) is 9.16 Å². The molecule has 1 atom stereocenters. The van der Waals surface area contributed by atoms with E-state index in [0.29, 0.717) is 0 Å². The average Bonchev–Trinajstić information content (AvgIpc) is 3.27. The van der Waals surface area contributed by atoms with E-state index in [1.807, 2.05) is 6.07 Å². The molecule has 0 radical (unpaired) electrons. The molecule has 2 fully saturated rings. The molecule has 0 unspecified atom stereocenters. The van der Waals surface area contributed by atoms with Crippen molar-refractivity contribution in [2.45, 2.75) is 51.4 Å². The van der Waals surface area contributed by atoms with Gasteiger partial charge in [-0.05, 0) is 30.6 Å². The van der Waals surface area contributed by atoms with Crippen molar-refractivity contribution in [3.63, 3.8) is 0 Å². The summed E-state index contributed by atoms with van der Waals surface area (Å²) >= 11 is 1.66. The number of nitrogens with zero attached hydrogens (tertiary/aromatic N) is 4. The van der Waals surface area contributed by atoms with Crippen molar-refractivity contribution in [3.8, 4) is 0 Å². The highest BCUT2D eigenvalue weighted by Gasteiger charge is 2.40. The van der Waals surface area contributed by atoms with E-state index in [9.17, 15) is 0 Å². The molecule has 0 aromatic carbocycles. The number of aromatic nitrogens is 2. The number of ether oxygens (including phenoxy) is 1. The van der Waals surface area contributed by atoms with Gasteiger partial charge in [-0.1, -0.05) is 32.1 Å². The minimum atomic E-state index is -1.78. The number of hydrogen-bond acceptors (Lipinski definition) is 8. The van der Waals surface area contributed by atoms with Crippen molar-refractivity contribution in [3.05, 3.63) is 6.07 Å². The van der Waals surface area contributed by atoms with Gasteiger partial charge in [0.15, 0.2) is 24.9 Å². The monoisotopic (exact) mass is 435 g/mol. The number of anilines is 3. The highest BCUT2D eigenvalue weighted by Crippen LogP contribution is 2.39. The van der Waals surface area contributed by atoms with Crippen LogP contribution in [0.4, 0.5) is 16.6 Å². The quantitative estimate of drug-likeness (QED) is 0.734. The lowest BCUT2D eigenvalue weighted by molar-refractivity contribution is 0.122. The Morgan fingerprint density at radius 1 is 1.17 bits per heavy atom. The van der Waals surface area contributed by atoms with E-state index in [1.54, 1.807) is 11.3 Å². The Bertz CT molecular complexity index is 876. The molecular weight excluding hydrogens is 402 g/mol. The first kappa shape index (κ1) is 20.8. The molecule has 0 spiro atoms. The van der Waals surface area contributed by atoms with Gasteiger partial charge < -0.3 is 24.7 Å². The van der Waals surface area contributed by atoms with Crippen LogP contribution in [0.2, 0.25) is 18.1 Å². The second-order valence-electron chi connectivity index (χ2n) is 9.55. The van der Waals surface area contributed by atoms with Crippen LogP contribution in [-0.4, -0.2) is 63.8 Å². The SMILES string of the molecule is CC(C)(C)[Si](C)(C)O[C@@H]1CCN(c2nc3nc(N4CCOCC4)sc3cc2N)C1. The van der Waals surface area contributed by atoms with Crippen LogP contribution in [0.15, 0.2) is 6.07 Å². The zero-order chi connectivity index (χ0) is 20.8. The Morgan fingerprint density at radius 2 is 1.90 bits per heavy atom. The van der Waals surface area contributed by atoms with Gasteiger partial charge in [-0.3, -0.25) is 0 Å². The van der Waals surface area contributed by atoms with Crippen LogP contribution in [0.5, 0.6) is 0 Å². The predicted molar refractivity (Wildman–Crippen MR) is 124 cm³/mol. The lowest BCUT2D eigenvalue weighted by Gasteiger charge is -2.38. The van der Waals surface area contributed by atoms with Crippen molar-refractivity contribution in [2.75, 3.05) is 54.9 Å². The Labute approximate surface area is 178 Å². The fraction of sp³-hybridized carbons (Fsp3) is 0.700. The molecule has 2 aromatic heterocycles. The number of hydrogen-bond donors (Lipinski definition) is 1. The van der Waals surface area contributed by atoms with Gasteiger partial charge in [-0.2, -0.15) is 4.98 Å². The zero-order valence-corrected chi connectivity index (χ0v) is 20.0. The Kier molecular flexibility index (Phi) is 5.52. The Morgan fingerprint density at radius 3 is 2.59 bits per heavy atom. The van der Waals surface area contributed by atoms with E-state index in [0.717, 1.165) is 72.8 Å². The third-order valence-electron chi connectivity index (χ3n) is 6.37. The maximum Gasteiger partial charge on any atom is 0.192 e. The summed E-state index contributed by atoms with van der Waals surface area (Å²) in [5, 5.41) is 1.22. The van der Waals surface area contributed by atoms with Crippen LogP contribution in [0.3, 0.4) is 0 Å². The van der Waals surface area contributed by atoms with Crippen molar-refractivity contribution in [2.24, 2.45) is 0 Å². The summed E-state index contributed by atoms with van der Waals surface area (Å²) in [6.07, 6.45) is 1.26. The van der Waals surface area contributed by atoms with Crippen LogP contribution in [0.25, 0.3) is 10.3 Å². The van der Waals surface area contributed by atoms with Crippen LogP contribution in [0.1, 0.15) is 27.2 Å². The molecule has 0 amide bonds. The van der Waals surface area contributed by atoms with E-state index in [-0.39, 0.29) is 11.1 Å². The zero-order valence-electron chi connectivity index (χ0n) is 18.2. The summed E-state index contributed by atoms with van der Waals surface area (Å²) in [5.74, 6) is 0.845. The van der Waals surface area contributed by atoms with Gasteiger partial charge in [0.25, 0.3) is 0 Å². The largest absolute Gasteiger partial charge is 0.412 e. The standard InChI is InChI=1S/C20H33N5O2SSi/c1-20(2,3)29(4,5)27-14-6-7-25(13-14)18-15(21)12-16-17(22-18)23-19(28-16)24-8-10-26-11-9-24/h12,14H,6-11,13,21H2,1-5H3/t14-/m1/s1. The van der Waals surface area contributed by atoms with Gasteiger partial charge in [0.05, 0.1) is 29.7 Å². The molecular formula is C20H33N5O2SSi. The van der Waals surface area contributed by atoms with E-state index >= 15 is 0 Å². The smallest absolute Gasteiger partial charge is 0.192 e. The van der Waals surface area contributed by atoms with Gasteiger partial charge >= 0.3 is 0 Å². The lowest BCUT2D eigenvalue weighted by Crippen LogP contribution is -2.44. The molecule has 2 aliphatic heterocycles. The Balaban J connectivity index is 1.51. The van der Waals surface area contributed by atoms with Gasteiger partial charge in [-0.15, -0.1) is 0 Å². The third kappa shape index (κ3) is 4.23. The number of nitrogens with two attached hydrogens (primary N) is 1. The number of morpholine rings is 1. The maximum atomic E-state index is 6.62. The van der Waals surface area contributed by atoms with E-state index in [1.165, 1.54) is 0 Å². The second kappa shape index (κ2) is 7.68. The topological polar surface area (TPSA) is 76.7 Å². The molecule has 2 saturated heterocycles. The van der Waals surface area contributed by atoms with Crippen LogP contribution < -0.4 is 15.5 Å². The number of thiazole rings is 1. The molecule has 0 saturated carbocycles. The molecule has 2 aliphatic rings. The summed E-state index contributed by atoms with van der Waals surface area (Å²) in [7, 11) is -1.78. The summed E-state index contributed by atoms with van der Waals surface area (Å²) in [6.45, 7) is 16.5. The fourth-order valence-corrected chi connectivity index (χ4v) is 6.00.